The standard InChI is InChI=1S/C9H12N2O2S/c1-2-6(12)10-7-8(13)11-4-3-5-14-9(7)11/h2,7,9H,1,3-5H2,(H,10,12)/t7?,9-/m0/s1. The zero-order chi connectivity index (χ0) is 10.1. The molecule has 0 radical (unpaired) electrons. The minimum Gasteiger partial charge on any atom is -0.338 e. The van der Waals surface area contributed by atoms with Gasteiger partial charge in [0.05, 0.1) is 0 Å². The summed E-state index contributed by atoms with van der Waals surface area (Å²) in [6.45, 7) is 4.19. The lowest BCUT2D eigenvalue weighted by Gasteiger charge is -2.49. The SMILES string of the molecule is C=CC(=O)NC1C(=O)N2CCCS[C@@H]12. The molecule has 0 aliphatic carbocycles. The molecule has 2 rings (SSSR count). The van der Waals surface area contributed by atoms with Gasteiger partial charge in [0.1, 0.15) is 11.4 Å². The van der Waals surface area contributed by atoms with Gasteiger partial charge in [-0.2, -0.15) is 0 Å². The molecule has 0 aromatic heterocycles. The van der Waals surface area contributed by atoms with Gasteiger partial charge >= 0.3 is 0 Å². The van der Waals surface area contributed by atoms with Crippen LogP contribution in [0.3, 0.4) is 0 Å². The van der Waals surface area contributed by atoms with Crippen molar-refractivity contribution < 1.29 is 9.59 Å². The van der Waals surface area contributed by atoms with Crippen LogP contribution in [0.1, 0.15) is 6.42 Å². The molecule has 2 aliphatic heterocycles. The topological polar surface area (TPSA) is 49.4 Å². The molecule has 0 bridgehead atoms. The van der Waals surface area contributed by atoms with Crippen LogP contribution in [0.4, 0.5) is 0 Å². The quantitative estimate of drug-likeness (QED) is 0.516. The first-order chi connectivity index (χ1) is 6.74. The zero-order valence-electron chi connectivity index (χ0n) is 7.73. The second-order valence-corrected chi connectivity index (χ2v) is 4.56. The first-order valence-corrected chi connectivity index (χ1v) is 5.64. The Kier molecular flexibility index (Phi) is 2.50. The number of rotatable bonds is 2. The number of thioether (sulfide) groups is 1. The lowest BCUT2D eigenvalue weighted by atomic mass is 10.1. The second kappa shape index (κ2) is 3.65. The Labute approximate surface area is 86.7 Å². The average molecular weight is 212 g/mol. The van der Waals surface area contributed by atoms with Gasteiger partial charge in [-0.05, 0) is 18.2 Å². The summed E-state index contributed by atoms with van der Waals surface area (Å²) in [6.07, 6.45) is 2.25. The van der Waals surface area contributed by atoms with E-state index < -0.39 is 0 Å². The maximum Gasteiger partial charge on any atom is 0.249 e. The molecule has 2 saturated heterocycles. The Morgan fingerprint density at radius 3 is 3.21 bits per heavy atom. The fourth-order valence-corrected chi connectivity index (χ4v) is 3.04. The molecule has 2 heterocycles. The number of nitrogens with one attached hydrogen (secondary N) is 1. The van der Waals surface area contributed by atoms with Crippen molar-refractivity contribution >= 4 is 23.6 Å². The van der Waals surface area contributed by atoms with Crippen molar-refractivity contribution in [2.24, 2.45) is 0 Å². The molecular formula is C9H12N2O2S. The number of carbonyl (C=O) groups excluding carboxylic acids is 2. The van der Waals surface area contributed by atoms with Crippen LogP contribution >= 0.6 is 11.8 Å². The number of nitrogens with zero attached hydrogens (tertiary/aromatic N) is 1. The van der Waals surface area contributed by atoms with Crippen molar-refractivity contribution in [3.8, 4) is 0 Å². The van der Waals surface area contributed by atoms with E-state index in [1.54, 1.807) is 11.8 Å². The van der Waals surface area contributed by atoms with E-state index in [4.69, 9.17) is 0 Å². The van der Waals surface area contributed by atoms with Crippen molar-refractivity contribution in [2.75, 3.05) is 12.3 Å². The number of carbonyl (C=O) groups is 2. The van der Waals surface area contributed by atoms with Crippen LogP contribution in [0, 0.1) is 0 Å². The molecule has 5 heteroatoms. The van der Waals surface area contributed by atoms with Crippen LogP contribution < -0.4 is 5.32 Å². The lowest BCUT2D eigenvalue weighted by Crippen LogP contribution is -2.70. The molecule has 1 unspecified atom stereocenters. The molecule has 0 aromatic carbocycles. The Bertz CT molecular complexity index is 293. The largest absolute Gasteiger partial charge is 0.338 e. The first-order valence-electron chi connectivity index (χ1n) is 4.59. The minimum atomic E-state index is -0.328. The third-order valence-electron chi connectivity index (χ3n) is 2.46. The number of hydrogen-bond donors (Lipinski definition) is 1. The fourth-order valence-electron chi connectivity index (χ4n) is 1.73. The van der Waals surface area contributed by atoms with E-state index in [2.05, 4.69) is 11.9 Å². The number of amides is 2. The van der Waals surface area contributed by atoms with E-state index in [1.165, 1.54) is 6.08 Å². The molecule has 76 valence electrons. The zero-order valence-corrected chi connectivity index (χ0v) is 8.55. The van der Waals surface area contributed by atoms with Gasteiger partial charge < -0.3 is 10.2 Å². The summed E-state index contributed by atoms with van der Waals surface area (Å²) in [4.78, 5) is 24.4. The van der Waals surface area contributed by atoms with Gasteiger partial charge in [-0.25, -0.2) is 0 Å². The molecule has 2 fully saturated rings. The van der Waals surface area contributed by atoms with Crippen molar-refractivity contribution in [3.63, 3.8) is 0 Å². The smallest absolute Gasteiger partial charge is 0.249 e. The van der Waals surface area contributed by atoms with Gasteiger partial charge in [-0.1, -0.05) is 6.58 Å². The van der Waals surface area contributed by atoms with E-state index in [0.717, 1.165) is 18.7 Å². The monoisotopic (exact) mass is 212 g/mol. The molecule has 2 atom stereocenters. The lowest BCUT2D eigenvalue weighted by molar-refractivity contribution is -0.148. The summed E-state index contributed by atoms with van der Waals surface area (Å²) >= 11 is 1.73. The van der Waals surface area contributed by atoms with Crippen LogP contribution in [0.5, 0.6) is 0 Å². The van der Waals surface area contributed by atoms with Gasteiger partial charge in [0.15, 0.2) is 0 Å². The first kappa shape index (κ1) is 9.58. The second-order valence-electron chi connectivity index (χ2n) is 3.34. The van der Waals surface area contributed by atoms with Crippen LogP contribution in [0.15, 0.2) is 12.7 Å². The highest BCUT2D eigenvalue weighted by Gasteiger charge is 2.49. The number of fused-ring (bicyclic) bond motifs is 1. The highest BCUT2D eigenvalue weighted by atomic mass is 32.2. The molecular weight excluding hydrogens is 200 g/mol. The van der Waals surface area contributed by atoms with Crippen molar-refractivity contribution in [2.45, 2.75) is 17.8 Å². The summed E-state index contributed by atoms with van der Waals surface area (Å²) < 4.78 is 0. The molecule has 14 heavy (non-hydrogen) atoms. The minimum absolute atomic E-state index is 0.0393. The molecule has 4 nitrogen and oxygen atoms in total. The van der Waals surface area contributed by atoms with Gasteiger partial charge in [0.25, 0.3) is 0 Å². The van der Waals surface area contributed by atoms with Crippen molar-refractivity contribution in [1.82, 2.24) is 10.2 Å². The highest BCUT2D eigenvalue weighted by molar-refractivity contribution is 8.00. The maximum absolute atomic E-state index is 11.5. The predicted molar refractivity (Wildman–Crippen MR) is 54.7 cm³/mol. The molecule has 0 saturated carbocycles. The van der Waals surface area contributed by atoms with E-state index in [1.807, 2.05) is 4.90 Å². The van der Waals surface area contributed by atoms with E-state index in [-0.39, 0.29) is 23.2 Å². The Hall–Kier alpha value is -0.970. The van der Waals surface area contributed by atoms with Gasteiger partial charge in [0.2, 0.25) is 11.8 Å². The summed E-state index contributed by atoms with van der Waals surface area (Å²) in [6, 6.07) is -0.328. The summed E-state index contributed by atoms with van der Waals surface area (Å²) in [5.74, 6) is 0.834. The summed E-state index contributed by atoms with van der Waals surface area (Å²) in [5.41, 5.74) is 0. The van der Waals surface area contributed by atoms with E-state index in [0.29, 0.717) is 0 Å². The molecule has 2 aliphatic rings. The molecule has 2 amide bonds. The van der Waals surface area contributed by atoms with Gasteiger partial charge in [-0.15, -0.1) is 11.8 Å². The fraction of sp³-hybridized carbons (Fsp3) is 0.556. The van der Waals surface area contributed by atoms with Crippen LogP contribution in [-0.4, -0.2) is 40.4 Å². The normalized spacial score (nSPS) is 30.3. The van der Waals surface area contributed by atoms with Crippen LogP contribution in [0.25, 0.3) is 0 Å². The van der Waals surface area contributed by atoms with E-state index in [9.17, 15) is 9.59 Å². The summed E-state index contributed by atoms with van der Waals surface area (Å²) in [5, 5.41) is 2.80. The Morgan fingerprint density at radius 2 is 2.50 bits per heavy atom. The summed E-state index contributed by atoms with van der Waals surface area (Å²) in [7, 11) is 0. The molecule has 1 N–H and O–H groups in total. The maximum atomic E-state index is 11.5. The predicted octanol–water partition coefficient (Wildman–Crippen LogP) is -0.0376. The third-order valence-corrected chi connectivity index (χ3v) is 3.85. The van der Waals surface area contributed by atoms with Gasteiger partial charge in [0, 0.05) is 6.54 Å². The Balaban J connectivity index is 1.97. The third kappa shape index (κ3) is 1.41. The van der Waals surface area contributed by atoms with Gasteiger partial charge in [-0.3, -0.25) is 9.59 Å². The van der Waals surface area contributed by atoms with Crippen molar-refractivity contribution in [1.29, 1.82) is 0 Å². The van der Waals surface area contributed by atoms with E-state index >= 15 is 0 Å². The number of hydrogen-bond acceptors (Lipinski definition) is 3. The van der Waals surface area contributed by atoms with Crippen molar-refractivity contribution in [3.05, 3.63) is 12.7 Å². The van der Waals surface area contributed by atoms with Crippen LogP contribution in [0.2, 0.25) is 0 Å². The number of β-lactam (4-membered cyclic amide) rings is 1. The molecule has 0 aromatic rings. The highest BCUT2D eigenvalue weighted by Crippen LogP contribution is 2.34. The molecule has 0 spiro atoms. The van der Waals surface area contributed by atoms with Crippen LogP contribution in [-0.2, 0) is 9.59 Å². The average Bonchev–Trinajstić information content (AvgIpc) is 2.25. The Morgan fingerprint density at radius 1 is 1.71 bits per heavy atom.